The van der Waals surface area contributed by atoms with Crippen molar-refractivity contribution >= 4 is 17.9 Å². The number of hydrogen-bond acceptors (Lipinski definition) is 3. The summed E-state index contributed by atoms with van der Waals surface area (Å²) >= 11 is 0. The number of amides is 3. The quantitative estimate of drug-likeness (QED) is 0.511. The highest BCUT2D eigenvalue weighted by Gasteiger charge is 2.27. The molecule has 17 heavy (non-hydrogen) atoms. The summed E-state index contributed by atoms with van der Waals surface area (Å²) in [6, 6.07) is -0.909. The maximum Gasteiger partial charge on any atom is 0.315 e. The molecule has 0 aliphatic carbocycles. The maximum atomic E-state index is 11.3. The van der Waals surface area contributed by atoms with Crippen LogP contribution in [0.3, 0.4) is 0 Å². The molecule has 0 aromatic rings. The van der Waals surface area contributed by atoms with Crippen LogP contribution in [0.15, 0.2) is 0 Å². The second-order valence-electron chi connectivity index (χ2n) is 4.59. The number of carbonyl (C=O) groups is 3. The Bertz CT molecular complexity index is 315. The second-order valence-corrected chi connectivity index (χ2v) is 4.59. The Labute approximate surface area is 99.7 Å². The molecule has 0 saturated heterocycles. The Hall–Kier alpha value is -1.79. The molecule has 0 spiro atoms. The molecule has 3 amide bonds. The van der Waals surface area contributed by atoms with Crippen molar-refractivity contribution in [2.45, 2.75) is 33.2 Å². The van der Waals surface area contributed by atoms with Crippen molar-refractivity contribution in [2.75, 3.05) is 6.54 Å². The molecule has 0 aromatic carbocycles. The number of hydrogen-bond donors (Lipinski definition) is 4. The first-order chi connectivity index (χ1) is 7.65. The van der Waals surface area contributed by atoms with E-state index in [0.29, 0.717) is 0 Å². The van der Waals surface area contributed by atoms with E-state index in [0.717, 1.165) is 0 Å². The third kappa shape index (κ3) is 6.39. The lowest BCUT2D eigenvalue weighted by Crippen LogP contribution is -2.46. The van der Waals surface area contributed by atoms with Gasteiger partial charge in [-0.1, -0.05) is 0 Å². The highest BCUT2D eigenvalue weighted by molar-refractivity contribution is 5.79. The molecule has 0 aliphatic rings. The van der Waals surface area contributed by atoms with Crippen molar-refractivity contribution in [3.63, 3.8) is 0 Å². The van der Waals surface area contributed by atoms with E-state index < -0.39 is 23.3 Å². The number of carbonyl (C=O) groups excluding carboxylic acids is 2. The number of primary amides is 1. The van der Waals surface area contributed by atoms with Gasteiger partial charge in [0.2, 0.25) is 5.91 Å². The van der Waals surface area contributed by atoms with E-state index in [2.05, 4.69) is 10.6 Å². The van der Waals surface area contributed by atoms with Gasteiger partial charge in [-0.3, -0.25) is 9.59 Å². The van der Waals surface area contributed by atoms with Gasteiger partial charge in [-0.05, 0) is 20.8 Å². The van der Waals surface area contributed by atoms with Gasteiger partial charge in [-0.15, -0.1) is 0 Å². The highest BCUT2D eigenvalue weighted by Crippen LogP contribution is 2.12. The number of rotatable bonds is 6. The van der Waals surface area contributed by atoms with Crippen LogP contribution in [0.2, 0.25) is 0 Å². The first kappa shape index (κ1) is 15.2. The molecular weight excluding hydrogens is 226 g/mol. The first-order valence-electron chi connectivity index (χ1n) is 5.21. The fourth-order valence-corrected chi connectivity index (χ4v) is 1.00. The summed E-state index contributed by atoms with van der Waals surface area (Å²) in [7, 11) is 0. The Morgan fingerprint density at radius 1 is 1.35 bits per heavy atom. The van der Waals surface area contributed by atoms with Crippen LogP contribution in [0, 0.1) is 5.41 Å². The second kappa shape index (κ2) is 6.07. The normalized spacial score (nSPS) is 12.6. The summed E-state index contributed by atoms with van der Waals surface area (Å²) in [6.07, 6.45) is 0.0374. The number of aliphatic carboxylic acids is 1. The van der Waals surface area contributed by atoms with Crippen molar-refractivity contribution in [3.05, 3.63) is 0 Å². The van der Waals surface area contributed by atoms with Crippen LogP contribution in [0.5, 0.6) is 0 Å². The van der Waals surface area contributed by atoms with Gasteiger partial charge in [0.15, 0.2) is 0 Å². The van der Waals surface area contributed by atoms with Gasteiger partial charge >= 0.3 is 12.0 Å². The Morgan fingerprint density at radius 3 is 2.29 bits per heavy atom. The Balaban J connectivity index is 4.04. The lowest BCUT2D eigenvalue weighted by Gasteiger charge is -2.20. The van der Waals surface area contributed by atoms with Crippen molar-refractivity contribution in [1.82, 2.24) is 10.6 Å². The summed E-state index contributed by atoms with van der Waals surface area (Å²) < 4.78 is 0. The van der Waals surface area contributed by atoms with E-state index in [4.69, 9.17) is 10.8 Å². The van der Waals surface area contributed by atoms with Gasteiger partial charge < -0.3 is 21.5 Å². The zero-order chi connectivity index (χ0) is 13.6. The van der Waals surface area contributed by atoms with E-state index in [1.165, 1.54) is 13.8 Å². The van der Waals surface area contributed by atoms with Gasteiger partial charge in [0.25, 0.3) is 0 Å². The van der Waals surface area contributed by atoms with E-state index in [1.807, 2.05) is 0 Å². The van der Waals surface area contributed by atoms with Crippen LogP contribution in [0.1, 0.15) is 27.2 Å². The molecule has 7 nitrogen and oxygen atoms in total. The highest BCUT2D eigenvalue weighted by atomic mass is 16.4. The summed E-state index contributed by atoms with van der Waals surface area (Å²) in [6.45, 7) is 4.63. The number of urea groups is 1. The fourth-order valence-electron chi connectivity index (χ4n) is 1.00. The standard InChI is InChI=1S/C10H19N3O4/c1-6(4-7(11)14)13-9(17)12-5-10(2,3)8(15)16/h6H,4-5H2,1-3H3,(H2,11,14)(H,15,16)(H2,12,13,17). The molecular formula is C10H19N3O4. The molecule has 1 atom stereocenters. The van der Waals surface area contributed by atoms with Gasteiger partial charge in [0, 0.05) is 19.0 Å². The average Bonchev–Trinajstić information content (AvgIpc) is 2.13. The van der Waals surface area contributed by atoms with Gasteiger partial charge in [0.05, 0.1) is 5.41 Å². The molecule has 0 rings (SSSR count). The van der Waals surface area contributed by atoms with Crippen molar-refractivity contribution in [1.29, 1.82) is 0 Å². The first-order valence-corrected chi connectivity index (χ1v) is 5.21. The molecule has 0 heterocycles. The van der Waals surface area contributed by atoms with Crippen LogP contribution in [0.4, 0.5) is 4.79 Å². The monoisotopic (exact) mass is 245 g/mol. The lowest BCUT2D eigenvalue weighted by atomic mass is 9.94. The Morgan fingerprint density at radius 2 is 1.88 bits per heavy atom. The minimum absolute atomic E-state index is 0.00252. The number of carboxylic acids is 1. The van der Waals surface area contributed by atoms with Gasteiger partial charge in [-0.25, -0.2) is 4.79 Å². The summed E-state index contributed by atoms with van der Waals surface area (Å²) in [5.74, 6) is -1.51. The number of nitrogens with two attached hydrogens (primary N) is 1. The summed E-state index contributed by atoms with van der Waals surface area (Å²) in [5, 5.41) is 13.7. The van der Waals surface area contributed by atoms with Crippen molar-refractivity contribution in [3.8, 4) is 0 Å². The summed E-state index contributed by atoms with van der Waals surface area (Å²) in [5.41, 5.74) is 3.93. The van der Waals surface area contributed by atoms with E-state index >= 15 is 0 Å². The van der Waals surface area contributed by atoms with E-state index in [-0.39, 0.29) is 19.0 Å². The number of nitrogens with one attached hydrogen (secondary N) is 2. The van der Waals surface area contributed by atoms with Crippen molar-refractivity contribution in [2.24, 2.45) is 11.1 Å². The lowest BCUT2D eigenvalue weighted by molar-refractivity contribution is -0.146. The van der Waals surface area contributed by atoms with Crippen LogP contribution < -0.4 is 16.4 Å². The zero-order valence-electron chi connectivity index (χ0n) is 10.2. The molecule has 0 bridgehead atoms. The molecule has 5 N–H and O–H groups in total. The fraction of sp³-hybridized carbons (Fsp3) is 0.700. The predicted octanol–water partition coefficient (Wildman–Crippen LogP) is -0.340. The van der Waals surface area contributed by atoms with Crippen LogP contribution >= 0.6 is 0 Å². The van der Waals surface area contributed by atoms with Gasteiger partial charge in [-0.2, -0.15) is 0 Å². The third-order valence-corrected chi connectivity index (χ3v) is 2.15. The number of carboxylic acid groups (broad SMARTS) is 1. The topological polar surface area (TPSA) is 122 Å². The molecule has 0 aromatic heterocycles. The molecule has 0 fully saturated rings. The molecule has 0 saturated carbocycles. The molecule has 0 aliphatic heterocycles. The minimum atomic E-state index is -1.04. The largest absolute Gasteiger partial charge is 0.481 e. The molecule has 1 unspecified atom stereocenters. The molecule has 0 radical (unpaired) electrons. The van der Waals surface area contributed by atoms with E-state index in [1.54, 1.807) is 6.92 Å². The SMILES string of the molecule is CC(CC(N)=O)NC(=O)NCC(C)(C)C(=O)O. The van der Waals surface area contributed by atoms with Crippen LogP contribution in [-0.4, -0.2) is 35.6 Å². The van der Waals surface area contributed by atoms with E-state index in [9.17, 15) is 14.4 Å². The average molecular weight is 245 g/mol. The Kier molecular flexibility index (Phi) is 5.43. The van der Waals surface area contributed by atoms with Gasteiger partial charge in [0.1, 0.15) is 0 Å². The van der Waals surface area contributed by atoms with Crippen LogP contribution in [0.25, 0.3) is 0 Å². The summed E-state index contributed by atoms with van der Waals surface area (Å²) in [4.78, 5) is 32.7. The molecule has 98 valence electrons. The minimum Gasteiger partial charge on any atom is -0.481 e. The van der Waals surface area contributed by atoms with Crippen molar-refractivity contribution < 1.29 is 19.5 Å². The predicted molar refractivity (Wildman–Crippen MR) is 61.2 cm³/mol. The smallest absolute Gasteiger partial charge is 0.315 e. The molecule has 7 heteroatoms. The zero-order valence-corrected chi connectivity index (χ0v) is 10.2. The third-order valence-electron chi connectivity index (χ3n) is 2.15. The maximum absolute atomic E-state index is 11.3. The van der Waals surface area contributed by atoms with Crippen LogP contribution in [-0.2, 0) is 9.59 Å².